The molecule has 148 valence electrons. The number of rotatable bonds is 5. The van der Waals surface area contributed by atoms with Crippen LogP contribution in [-0.4, -0.2) is 42.2 Å². The molecule has 0 bridgehead atoms. The van der Waals surface area contributed by atoms with Gasteiger partial charge in [-0.1, -0.05) is 36.4 Å². The van der Waals surface area contributed by atoms with Crippen LogP contribution < -0.4 is 15.5 Å². The Balaban J connectivity index is 1.67. The molecule has 0 radical (unpaired) electrons. The Morgan fingerprint density at radius 3 is 2.48 bits per heavy atom. The van der Waals surface area contributed by atoms with Gasteiger partial charge in [-0.3, -0.25) is 4.79 Å². The molecule has 0 aliphatic carbocycles. The number of benzene rings is 2. The number of carbonyl (C=O) groups excluding carboxylic acids is 1. The minimum absolute atomic E-state index is 0.106. The van der Waals surface area contributed by atoms with Gasteiger partial charge in [0, 0.05) is 43.0 Å². The highest BCUT2D eigenvalue weighted by molar-refractivity contribution is 5.89. The van der Waals surface area contributed by atoms with E-state index in [1.54, 1.807) is 0 Å². The lowest BCUT2D eigenvalue weighted by Gasteiger charge is -2.27. The summed E-state index contributed by atoms with van der Waals surface area (Å²) in [6, 6.07) is 19.5. The first kappa shape index (κ1) is 18.9. The molecule has 7 nitrogen and oxygen atoms in total. The second-order valence-corrected chi connectivity index (χ2v) is 6.79. The molecule has 2 aromatic carbocycles. The van der Waals surface area contributed by atoms with Crippen molar-refractivity contribution in [2.45, 2.75) is 6.92 Å². The molecule has 4 rings (SSSR count). The van der Waals surface area contributed by atoms with Crippen molar-refractivity contribution in [3.63, 3.8) is 0 Å². The number of morpholine rings is 1. The monoisotopic (exact) mass is 389 g/mol. The molecule has 1 aliphatic heterocycles. The second-order valence-electron chi connectivity index (χ2n) is 6.79. The van der Waals surface area contributed by atoms with Crippen molar-refractivity contribution in [2.75, 3.05) is 41.8 Å². The molecule has 1 aliphatic rings. The summed E-state index contributed by atoms with van der Waals surface area (Å²) in [7, 11) is 0. The van der Waals surface area contributed by atoms with E-state index in [4.69, 9.17) is 14.7 Å². The average Bonchev–Trinajstić information content (AvgIpc) is 2.74. The molecule has 0 atom stereocenters. The van der Waals surface area contributed by atoms with E-state index in [1.807, 2.05) is 60.7 Å². The number of amides is 1. The normalized spacial score (nSPS) is 13.8. The fraction of sp³-hybridized carbons (Fsp3) is 0.227. The quantitative estimate of drug-likeness (QED) is 0.693. The molecule has 1 fully saturated rings. The number of carbonyl (C=O) groups is 1. The maximum Gasteiger partial charge on any atom is 0.228 e. The van der Waals surface area contributed by atoms with Gasteiger partial charge in [0.05, 0.1) is 18.9 Å². The summed E-state index contributed by atoms with van der Waals surface area (Å²) in [5.74, 6) is 1.26. The van der Waals surface area contributed by atoms with Gasteiger partial charge in [0.15, 0.2) is 0 Å². The van der Waals surface area contributed by atoms with Gasteiger partial charge in [-0.05, 0) is 18.2 Å². The van der Waals surface area contributed by atoms with Crippen LogP contribution in [0.1, 0.15) is 6.92 Å². The first-order valence-electron chi connectivity index (χ1n) is 9.59. The molecule has 0 unspecified atom stereocenters. The summed E-state index contributed by atoms with van der Waals surface area (Å²) in [4.78, 5) is 23.0. The maximum atomic E-state index is 11.3. The van der Waals surface area contributed by atoms with Crippen molar-refractivity contribution in [3.8, 4) is 11.3 Å². The fourth-order valence-corrected chi connectivity index (χ4v) is 3.19. The summed E-state index contributed by atoms with van der Waals surface area (Å²) in [6.07, 6.45) is 0. The van der Waals surface area contributed by atoms with E-state index in [0.29, 0.717) is 25.0 Å². The Labute approximate surface area is 169 Å². The third kappa shape index (κ3) is 4.89. The largest absolute Gasteiger partial charge is 0.378 e. The van der Waals surface area contributed by atoms with E-state index in [-0.39, 0.29) is 5.91 Å². The lowest BCUT2D eigenvalue weighted by Crippen LogP contribution is -2.37. The third-order valence-corrected chi connectivity index (χ3v) is 4.53. The standard InChI is InChI=1S/C22H23N5O2/c1-16(28)23-18-8-5-9-19(14-18)24-21-15-20(17-6-3-2-4-7-17)25-22(26-21)27-10-12-29-13-11-27/h2-9,14-15H,10-13H2,1H3,(H,23,28)(H,24,25,26). The molecule has 7 heteroatoms. The van der Waals surface area contributed by atoms with Crippen molar-refractivity contribution < 1.29 is 9.53 Å². The van der Waals surface area contributed by atoms with Gasteiger partial charge in [0.1, 0.15) is 5.82 Å². The van der Waals surface area contributed by atoms with Gasteiger partial charge >= 0.3 is 0 Å². The van der Waals surface area contributed by atoms with Crippen LogP contribution in [0.5, 0.6) is 0 Å². The van der Waals surface area contributed by atoms with Gasteiger partial charge in [0.25, 0.3) is 0 Å². The molecule has 0 spiro atoms. The van der Waals surface area contributed by atoms with Crippen molar-refractivity contribution in [1.82, 2.24) is 9.97 Å². The highest BCUT2D eigenvalue weighted by atomic mass is 16.5. The molecule has 1 saturated heterocycles. The summed E-state index contributed by atoms with van der Waals surface area (Å²) < 4.78 is 5.46. The van der Waals surface area contributed by atoms with Gasteiger partial charge in [0.2, 0.25) is 11.9 Å². The molecule has 1 aromatic heterocycles. The van der Waals surface area contributed by atoms with E-state index in [1.165, 1.54) is 6.92 Å². The number of hydrogen-bond donors (Lipinski definition) is 2. The van der Waals surface area contributed by atoms with E-state index >= 15 is 0 Å². The van der Waals surface area contributed by atoms with Crippen LogP contribution in [0.3, 0.4) is 0 Å². The molecular formula is C22H23N5O2. The van der Waals surface area contributed by atoms with Crippen LogP contribution in [0.2, 0.25) is 0 Å². The lowest BCUT2D eigenvalue weighted by molar-refractivity contribution is -0.114. The van der Waals surface area contributed by atoms with E-state index < -0.39 is 0 Å². The van der Waals surface area contributed by atoms with Crippen LogP contribution in [0.4, 0.5) is 23.1 Å². The minimum atomic E-state index is -0.106. The molecule has 29 heavy (non-hydrogen) atoms. The summed E-state index contributed by atoms with van der Waals surface area (Å²) in [5, 5.41) is 6.14. The van der Waals surface area contributed by atoms with Crippen molar-refractivity contribution in [2.24, 2.45) is 0 Å². The second kappa shape index (κ2) is 8.70. The van der Waals surface area contributed by atoms with Gasteiger partial charge in [-0.15, -0.1) is 0 Å². The number of hydrogen-bond acceptors (Lipinski definition) is 6. The summed E-state index contributed by atoms with van der Waals surface area (Å²) >= 11 is 0. The Kier molecular flexibility index (Phi) is 5.67. The van der Waals surface area contributed by atoms with Crippen molar-refractivity contribution >= 4 is 29.0 Å². The van der Waals surface area contributed by atoms with Crippen LogP contribution in [0.15, 0.2) is 60.7 Å². The first-order valence-corrected chi connectivity index (χ1v) is 9.59. The number of anilines is 4. The average molecular weight is 389 g/mol. The van der Waals surface area contributed by atoms with Crippen molar-refractivity contribution in [1.29, 1.82) is 0 Å². The number of aromatic nitrogens is 2. The Morgan fingerprint density at radius 2 is 1.72 bits per heavy atom. The molecule has 3 aromatic rings. The Hall–Kier alpha value is -3.45. The highest BCUT2D eigenvalue weighted by Crippen LogP contribution is 2.26. The lowest BCUT2D eigenvalue weighted by atomic mass is 10.1. The minimum Gasteiger partial charge on any atom is -0.378 e. The van der Waals surface area contributed by atoms with Gasteiger partial charge in [-0.2, -0.15) is 4.98 Å². The number of ether oxygens (including phenoxy) is 1. The van der Waals surface area contributed by atoms with Gasteiger partial charge in [-0.25, -0.2) is 4.98 Å². The van der Waals surface area contributed by atoms with Crippen LogP contribution in [0.25, 0.3) is 11.3 Å². The molecular weight excluding hydrogens is 366 g/mol. The number of nitrogens with zero attached hydrogens (tertiary/aromatic N) is 3. The third-order valence-electron chi connectivity index (χ3n) is 4.53. The SMILES string of the molecule is CC(=O)Nc1cccc(Nc2cc(-c3ccccc3)nc(N3CCOCC3)n2)c1. The predicted octanol–water partition coefficient (Wildman–Crippen LogP) is 3.68. The van der Waals surface area contributed by atoms with Crippen molar-refractivity contribution in [3.05, 3.63) is 60.7 Å². The zero-order chi connectivity index (χ0) is 20.1. The summed E-state index contributed by atoms with van der Waals surface area (Å²) in [5.41, 5.74) is 3.44. The Bertz CT molecular complexity index is 988. The summed E-state index contributed by atoms with van der Waals surface area (Å²) in [6.45, 7) is 4.34. The molecule has 2 N–H and O–H groups in total. The Morgan fingerprint density at radius 1 is 0.966 bits per heavy atom. The fourth-order valence-electron chi connectivity index (χ4n) is 3.19. The number of nitrogens with one attached hydrogen (secondary N) is 2. The van der Waals surface area contributed by atoms with Gasteiger partial charge < -0.3 is 20.3 Å². The highest BCUT2D eigenvalue weighted by Gasteiger charge is 2.16. The molecule has 1 amide bonds. The zero-order valence-corrected chi connectivity index (χ0v) is 16.3. The zero-order valence-electron chi connectivity index (χ0n) is 16.3. The van der Waals surface area contributed by atoms with E-state index in [2.05, 4.69) is 15.5 Å². The predicted molar refractivity (Wildman–Crippen MR) is 115 cm³/mol. The van der Waals surface area contributed by atoms with E-state index in [9.17, 15) is 4.79 Å². The molecule has 2 heterocycles. The topological polar surface area (TPSA) is 79.4 Å². The smallest absolute Gasteiger partial charge is 0.228 e. The van der Waals surface area contributed by atoms with Crippen LogP contribution in [-0.2, 0) is 9.53 Å². The van der Waals surface area contributed by atoms with Crippen LogP contribution >= 0.6 is 0 Å². The molecule has 0 saturated carbocycles. The maximum absolute atomic E-state index is 11.3. The van der Waals surface area contributed by atoms with Crippen LogP contribution in [0, 0.1) is 0 Å². The van der Waals surface area contributed by atoms with E-state index in [0.717, 1.165) is 35.7 Å². The first-order chi connectivity index (χ1) is 14.2.